The minimum atomic E-state index is 0.237. The fourth-order valence-electron chi connectivity index (χ4n) is 1.84. The van der Waals surface area contributed by atoms with Gasteiger partial charge in [-0.25, -0.2) is 0 Å². The van der Waals surface area contributed by atoms with Gasteiger partial charge in [0.05, 0.1) is 11.4 Å². The molecule has 0 bridgehead atoms. The zero-order valence-electron chi connectivity index (χ0n) is 10.3. The van der Waals surface area contributed by atoms with Gasteiger partial charge in [0.1, 0.15) is 0 Å². The highest BCUT2D eigenvalue weighted by Gasteiger charge is 2.27. The van der Waals surface area contributed by atoms with Crippen molar-refractivity contribution < 1.29 is 4.79 Å². The first-order valence-corrected chi connectivity index (χ1v) is 7.75. The minimum Gasteiger partial charge on any atom is -0.293 e. The summed E-state index contributed by atoms with van der Waals surface area (Å²) in [5.74, 6) is 1.07. The Hall–Kier alpha value is -0.190. The van der Waals surface area contributed by atoms with Gasteiger partial charge in [-0.1, -0.05) is 0 Å². The second-order valence-electron chi connectivity index (χ2n) is 4.99. The lowest BCUT2D eigenvalue weighted by Gasteiger charge is -2.25. The average Bonchev–Trinajstić information content (AvgIpc) is 2.97. The van der Waals surface area contributed by atoms with Gasteiger partial charge >= 0.3 is 0 Å². The maximum Gasteiger partial charge on any atom is 0.187 e. The second kappa shape index (κ2) is 5.63. The average molecular weight is 316 g/mol. The summed E-state index contributed by atoms with van der Waals surface area (Å²) in [7, 11) is 0. The molecule has 0 unspecified atom stereocenters. The smallest absolute Gasteiger partial charge is 0.187 e. The Morgan fingerprint density at radius 1 is 1.59 bits per heavy atom. The molecule has 0 saturated heterocycles. The van der Waals surface area contributed by atoms with Crippen LogP contribution in [-0.4, -0.2) is 29.8 Å². The fourth-order valence-corrected chi connectivity index (χ4v) is 3.36. The Morgan fingerprint density at radius 2 is 2.29 bits per heavy atom. The van der Waals surface area contributed by atoms with Gasteiger partial charge in [0.2, 0.25) is 0 Å². The molecular weight excluding hydrogens is 298 g/mol. The first-order chi connectivity index (χ1) is 8.08. The van der Waals surface area contributed by atoms with E-state index in [0.717, 1.165) is 21.8 Å². The standard InChI is InChI=1S/C13H18BrNOS/c1-9(2)15(7-10-3-4-10)8-12(16)13-11(14)5-6-17-13/h5-6,9-10H,3-4,7-8H2,1-2H3. The van der Waals surface area contributed by atoms with E-state index >= 15 is 0 Å². The van der Waals surface area contributed by atoms with E-state index in [-0.39, 0.29) is 5.78 Å². The van der Waals surface area contributed by atoms with Gasteiger partial charge in [0.25, 0.3) is 0 Å². The number of rotatable bonds is 6. The van der Waals surface area contributed by atoms with Crippen LogP contribution in [0.25, 0.3) is 0 Å². The van der Waals surface area contributed by atoms with Crippen molar-refractivity contribution in [3.8, 4) is 0 Å². The third-order valence-corrected chi connectivity index (χ3v) is 5.02. The Morgan fingerprint density at radius 3 is 2.76 bits per heavy atom. The zero-order chi connectivity index (χ0) is 12.4. The Kier molecular flexibility index (Phi) is 4.39. The molecular formula is C13H18BrNOS. The quantitative estimate of drug-likeness (QED) is 0.744. The molecule has 0 aromatic carbocycles. The van der Waals surface area contributed by atoms with E-state index in [0.29, 0.717) is 12.6 Å². The molecule has 1 aliphatic rings. The highest BCUT2D eigenvalue weighted by Crippen LogP contribution is 2.30. The molecule has 2 rings (SSSR count). The lowest BCUT2D eigenvalue weighted by Crippen LogP contribution is -2.37. The van der Waals surface area contributed by atoms with E-state index in [2.05, 4.69) is 34.7 Å². The first kappa shape index (κ1) is 13.2. The SMILES string of the molecule is CC(C)N(CC(=O)c1sccc1Br)CC1CC1. The molecule has 1 fully saturated rings. The Bertz CT molecular complexity index is 398. The van der Waals surface area contributed by atoms with Gasteiger partial charge in [0.15, 0.2) is 5.78 Å². The van der Waals surface area contributed by atoms with E-state index in [1.807, 2.05) is 11.4 Å². The number of carbonyl (C=O) groups excluding carboxylic acids is 1. The molecule has 94 valence electrons. The van der Waals surface area contributed by atoms with Crippen LogP contribution in [0.1, 0.15) is 36.4 Å². The number of thiophene rings is 1. The van der Waals surface area contributed by atoms with Gasteiger partial charge < -0.3 is 0 Å². The van der Waals surface area contributed by atoms with Crippen molar-refractivity contribution >= 4 is 33.0 Å². The summed E-state index contributed by atoms with van der Waals surface area (Å²) in [6.07, 6.45) is 2.67. The first-order valence-electron chi connectivity index (χ1n) is 6.08. The van der Waals surface area contributed by atoms with Crippen LogP contribution in [0.2, 0.25) is 0 Å². The van der Waals surface area contributed by atoms with Crippen LogP contribution in [0, 0.1) is 5.92 Å². The highest BCUT2D eigenvalue weighted by atomic mass is 79.9. The number of halogens is 1. The van der Waals surface area contributed by atoms with Crippen molar-refractivity contribution in [3.05, 3.63) is 20.8 Å². The molecule has 1 heterocycles. The van der Waals surface area contributed by atoms with Gasteiger partial charge in [-0.3, -0.25) is 9.69 Å². The number of hydrogen-bond acceptors (Lipinski definition) is 3. The highest BCUT2D eigenvalue weighted by molar-refractivity contribution is 9.10. The van der Waals surface area contributed by atoms with Crippen LogP contribution in [-0.2, 0) is 0 Å². The molecule has 17 heavy (non-hydrogen) atoms. The van der Waals surface area contributed by atoms with Crippen LogP contribution >= 0.6 is 27.3 Å². The van der Waals surface area contributed by atoms with Crippen molar-refractivity contribution in [2.24, 2.45) is 5.92 Å². The summed E-state index contributed by atoms with van der Waals surface area (Å²) in [5.41, 5.74) is 0. The molecule has 1 aromatic rings. The summed E-state index contributed by atoms with van der Waals surface area (Å²) in [6, 6.07) is 2.39. The van der Waals surface area contributed by atoms with Crippen LogP contribution in [0.5, 0.6) is 0 Å². The topological polar surface area (TPSA) is 20.3 Å². The Balaban J connectivity index is 1.97. The van der Waals surface area contributed by atoms with Gasteiger partial charge in [-0.05, 0) is 60.0 Å². The van der Waals surface area contributed by atoms with Crippen LogP contribution in [0.15, 0.2) is 15.9 Å². The minimum absolute atomic E-state index is 0.237. The number of ketones is 1. The molecule has 0 N–H and O–H groups in total. The maximum atomic E-state index is 12.2. The van der Waals surface area contributed by atoms with E-state index in [1.54, 1.807) is 0 Å². The van der Waals surface area contributed by atoms with Crippen LogP contribution in [0.3, 0.4) is 0 Å². The molecule has 0 aliphatic heterocycles. The maximum absolute atomic E-state index is 12.2. The number of carbonyl (C=O) groups is 1. The predicted molar refractivity (Wildman–Crippen MR) is 75.8 cm³/mol. The summed E-state index contributed by atoms with van der Waals surface area (Å²) in [5, 5.41) is 1.96. The molecule has 0 amide bonds. The van der Waals surface area contributed by atoms with Crippen molar-refractivity contribution in [2.75, 3.05) is 13.1 Å². The van der Waals surface area contributed by atoms with Crippen molar-refractivity contribution in [1.29, 1.82) is 0 Å². The Labute approximate surface area is 115 Å². The van der Waals surface area contributed by atoms with Crippen LogP contribution in [0.4, 0.5) is 0 Å². The zero-order valence-corrected chi connectivity index (χ0v) is 12.7. The van der Waals surface area contributed by atoms with Gasteiger partial charge in [0, 0.05) is 17.1 Å². The molecule has 0 radical (unpaired) electrons. The monoisotopic (exact) mass is 315 g/mol. The molecule has 1 saturated carbocycles. The largest absolute Gasteiger partial charge is 0.293 e. The molecule has 2 nitrogen and oxygen atoms in total. The second-order valence-corrected chi connectivity index (χ2v) is 6.76. The number of nitrogens with zero attached hydrogens (tertiary/aromatic N) is 1. The van der Waals surface area contributed by atoms with E-state index in [4.69, 9.17) is 0 Å². The molecule has 4 heteroatoms. The van der Waals surface area contributed by atoms with E-state index in [1.165, 1.54) is 24.2 Å². The molecule has 0 atom stereocenters. The molecule has 0 spiro atoms. The summed E-state index contributed by atoms with van der Waals surface area (Å²) in [6.45, 7) is 5.96. The van der Waals surface area contributed by atoms with Crippen LogP contribution < -0.4 is 0 Å². The van der Waals surface area contributed by atoms with E-state index in [9.17, 15) is 4.79 Å². The summed E-state index contributed by atoms with van der Waals surface area (Å²) >= 11 is 4.95. The predicted octanol–water partition coefficient (Wildman–Crippen LogP) is 3.81. The van der Waals surface area contributed by atoms with Gasteiger partial charge in [-0.2, -0.15) is 0 Å². The van der Waals surface area contributed by atoms with Crippen molar-refractivity contribution in [2.45, 2.75) is 32.7 Å². The van der Waals surface area contributed by atoms with E-state index < -0.39 is 0 Å². The molecule has 1 aromatic heterocycles. The number of hydrogen-bond donors (Lipinski definition) is 0. The third-order valence-electron chi connectivity index (χ3n) is 3.14. The lowest BCUT2D eigenvalue weighted by atomic mass is 10.2. The summed E-state index contributed by atoms with van der Waals surface area (Å²) in [4.78, 5) is 15.3. The third kappa shape index (κ3) is 3.63. The summed E-state index contributed by atoms with van der Waals surface area (Å²) < 4.78 is 0.933. The molecule has 1 aliphatic carbocycles. The number of Topliss-reactive ketones (excluding diaryl/α,β-unsaturated/α-hetero) is 1. The van der Waals surface area contributed by atoms with Crippen molar-refractivity contribution in [1.82, 2.24) is 4.90 Å². The van der Waals surface area contributed by atoms with Gasteiger partial charge in [-0.15, -0.1) is 11.3 Å². The van der Waals surface area contributed by atoms with Crippen molar-refractivity contribution in [3.63, 3.8) is 0 Å². The fraction of sp³-hybridized carbons (Fsp3) is 0.615. The lowest BCUT2D eigenvalue weighted by molar-refractivity contribution is 0.0904. The normalized spacial score (nSPS) is 15.8.